The van der Waals surface area contributed by atoms with Crippen LogP contribution in [-0.4, -0.2) is 28.1 Å². The smallest absolute Gasteiger partial charge is 0.319 e. The van der Waals surface area contributed by atoms with Gasteiger partial charge in [-0.15, -0.1) is 0 Å². The molecule has 2 unspecified atom stereocenters. The minimum Gasteiger partial charge on any atom is -0.319 e. The Balaban J connectivity index is 2.66. The van der Waals surface area contributed by atoms with Crippen molar-refractivity contribution in [3.63, 3.8) is 0 Å². The van der Waals surface area contributed by atoms with Crippen LogP contribution in [0.5, 0.6) is 0 Å². The second-order valence-electron chi connectivity index (χ2n) is 1.97. The summed E-state index contributed by atoms with van der Waals surface area (Å²) in [6, 6.07) is -0.628. The Kier molecular flexibility index (Phi) is 2.42. The van der Waals surface area contributed by atoms with Crippen molar-refractivity contribution in [3.05, 3.63) is 0 Å². The highest BCUT2D eigenvalue weighted by molar-refractivity contribution is 9.10. The van der Waals surface area contributed by atoms with Crippen molar-refractivity contribution in [3.8, 4) is 0 Å². The number of nitrogens with one attached hydrogen (secondary N) is 3. The third kappa shape index (κ3) is 1.67. The van der Waals surface area contributed by atoms with Crippen LogP contribution < -0.4 is 16.1 Å². The van der Waals surface area contributed by atoms with E-state index in [-0.39, 0.29) is 0 Å². The van der Waals surface area contributed by atoms with E-state index in [0.717, 1.165) is 0 Å². The van der Waals surface area contributed by atoms with Crippen molar-refractivity contribution in [1.82, 2.24) is 16.1 Å². The molecule has 0 aliphatic carbocycles. The normalized spacial score (nSPS) is 31.1. The molecule has 0 saturated carbocycles. The zero-order valence-corrected chi connectivity index (χ0v) is 6.88. The predicted octanol–water partition coefficient (Wildman–Crippen LogP) is -1.11. The van der Waals surface area contributed by atoms with Gasteiger partial charge in [0.1, 0.15) is 11.0 Å². The van der Waals surface area contributed by atoms with Gasteiger partial charge in [-0.2, -0.15) is 5.48 Å². The molecule has 7 heteroatoms. The van der Waals surface area contributed by atoms with E-state index in [1.165, 1.54) is 0 Å². The number of halogens is 1. The van der Waals surface area contributed by atoms with Gasteiger partial charge in [-0.25, -0.2) is 4.79 Å². The van der Waals surface area contributed by atoms with E-state index < -0.39 is 22.9 Å². The molecule has 1 heterocycles. The highest BCUT2D eigenvalue weighted by Crippen LogP contribution is 2.06. The summed E-state index contributed by atoms with van der Waals surface area (Å²) >= 11 is 2.96. The third-order valence-corrected chi connectivity index (χ3v) is 2.15. The molecule has 1 aliphatic heterocycles. The van der Waals surface area contributed by atoms with E-state index in [0.29, 0.717) is 0 Å². The maximum absolute atomic E-state index is 10.8. The van der Waals surface area contributed by atoms with Crippen LogP contribution in [0.15, 0.2) is 0 Å². The number of hydrogen-bond donors (Lipinski definition) is 4. The number of imide groups is 1. The van der Waals surface area contributed by atoms with Crippen molar-refractivity contribution in [2.45, 2.75) is 11.0 Å². The van der Waals surface area contributed by atoms with Crippen molar-refractivity contribution >= 4 is 27.9 Å². The number of amides is 3. The SMILES string of the molecule is O=C1NC(=O)C(Br)C(NO)N1. The highest BCUT2D eigenvalue weighted by atomic mass is 79.9. The summed E-state index contributed by atoms with van der Waals surface area (Å²) in [5.41, 5.74) is 1.77. The Labute approximate surface area is 70.4 Å². The quantitative estimate of drug-likeness (QED) is 0.336. The minimum atomic E-state index is -0.781. The fourth-order valence-electron chi connectivity index (χ4n) is 0.680. The molecule has 11 heavy (non-hydrogen) atoms. The lowest BCUT2D eigenvalue weighted by Gasteiger charge is -2.25. The highest BCUT2D eigenvalue weighted by Gasteiger charge is 2.32. The van der Waals surface area contributed by atoms with Crippen molar-refractivity contribution < 1.29 is 14.8 Å². The largest absolute Gasteiger partial charge is 0.322 e. The van der Waals surface area contributed by atoms with E-state index in [2.05, 4.69) is 21.2 Å². The van der Waals surface area contributed by atoms with Gasteiger partial charge in [-0.1, -0.05) is 15.9 Å². The van der Waals surface area contributed by atoms with E-state index in [1.54, 1.807) is 5.48 Å². The van der Waals surface area contributed by atoms with Crippen LogP contribution in [0.25, 0.3) is 0 Å². The molecule has 0 aromatic carbocycles. The van der Waals surface area contributed by atoms with E-state index in [9.17, 15) is 9.59 Å². The summed E-state index contributed by atoms with van der Waals surface area (Å²) in [7, 11) is 0. The molecule has 0 spiro atoms. The molecule has 0 aromatic heterocycles. The molecule has 0 bridgehead atoms. The van der Waals surface area contributed by atoms with Gasteiger partial charge in [0.25, 0.3) is 0 Å². The summed E-state index contributed by atoms with van der Waals surface area (Å²) in [5.74, 6) is -0.486. The number of carbonyl (C=O) groups is 2. The van der Waals surface area contributed by atoms with Crippen LogP contribution in [0.2, 0.25) is 0 Å². The van der Waals surface area contributed by atoms with Gasteiger partial charge in [-0.05, 0) is 0 Å². The first kappa shape index (κ1) is 8.44. The number of rotatable bonds is 1. The van der Waals surface area contributed by atoms with Crippen molar-refractivity contribution in [2.75, 3.05) is 0 Å². The van der Waals surface area contributed by atoms with Gasteiger partial charge in [0.05, 0.1) is 0 Å². The van der Waals surface area contributed by atoms with Gasteiger partial charge in [-0.3, -0.25) is 10.1 Å². The summed E-state index contributed by atoms with van der Waals surface area (Å²) in [5, 5.41) is 12.7. The first-order valence-corrected chi connectivity index (χ1v) is 3.72. The van der Waals surface area contributed by atoms with Gasteiger partial charge < -0.3 is 10.5 Å². The van der Waals surface area contributed by atoms with Gasteiger partial charge in [0, 0.05) is 0 Å². The molecule has 4 N–H and O–H groups in total. The van der Waals surface area contributed by atoms with Crippen LogP contribution in [0.3, 0.4) is 0 Å². The summed E-state index contributed by atoms with van der Waals surface area (Å²) in [6.07, 6.45) is -0.781. The zero-order valence-electron chi connectivity index (χ0n) is 5.30. The van der Waals surface area contributed by atoms with E-state index >= 15 is 0 Å². The number of carbonyl (C=O) groups excluding carboxylic acids is 2. The molecule has 0 aromatic rings. The van der Waals surface area contributed by atoms with Crippen molar-refractivity contribution in [1.29, 1.82) is 0 Å². The lowest BCUT2D eigenvalue weighted by Crippen LogP contribution is -2.63. The molecule has 3 amide bonds. The lowest BCUT2D eigenvalue weighted by molar-refractivity contribution is -0.121. The topological polar surface area (TPSA) is 90.5 Å². The zero-order chi connectivity index (χ0) is 8.43. The Morgan fingerprint density at radius 1 is 1.55 bits per heavy atom. The van der Waals surface area contributed by atoms with Crippen molar-refractivity contribution in [2.24, 2.45) is 0 Å². The maximum Gasteiger partial charge on any atom is 0.322 e. The predicted molar refractivity (Wildman–Crippen MR) is 38.1 cm³/mol. The Hall–Kier alpha value is -0.660. The number of alkyl halides is 1. The van der Waals surface area contributed by atoms with Crippen LogP contribution in [-0.2, 0) is 4.79 Å². The maximum atomic E-state index is 10.8. The fraction of sp³-hybridized carbons (Fsp3) is 0.500. The molecule has 6 nitrogen and oxygen atoms in total. The van der Waals surface area contributed by atoms with E-state index in [1.807, 2.05) is 5.32 Å². The lowest BCUT2D eigenvalue weighted by atomic mass is 10.3. The van der Waals surface area contributed by atoms with E-state index in [4.69, 9.17) is 5.21 Å². The first-order valence-electron chi connectivity index (χ1n) is 2.80. The van der Waals surface area contributed by atoms with Crippen LogP contribution in [0, 0.1) is 0 Å². The molecule has 1 rings (SSSR count). The number of hydrogen-bond acceptors (Lipinski definition) is 4. The number of hydroxylamine groups is 1. The molecular weight excluding hydrogens is 218 g/mol. The van der Waals surface area contributed by atoms with Crippen LogP contribution >= 0.6 is 15.9 Å². The second kappa shape index (κ2) is 3.16. The fourth-order valence-corrected chi connectivity index (χ4v) is 1.05. The monoisotopic (exact) mass is 223 g/mol. The summed E-state index contributed by atoms with van der Waals surface area (Å²) in [4.78, 5) is 20.7. The minimum absolute atomic E-state index is 0.486. The molecule has 0 radical (unpaired) electrons. The molecular formula is C4H6BrN3O3. The average molecular weight is 224 g/mol. The summed E-state index contributed by atoms with van der Waals surface area (Å²) in [6.45, 7) is 0. The Morgan fingerprint density at radius 2 is 2.18 bits per heavy atom. The Morgan fingerprint density at radius 3 is 2.73 bits per heavy atom. The standard InChI is InChI=1S/C4H6BrN3O3/c5-1-2(8-11)6-4(10)7-3(1)9/h1-2,8,11H,(H2,6,7,9,10). The second-order valence-corrected chi connectivity index (χ2v) is 2.96. The Bertz CT molecular complexity index is 197. The van der Waals surface area contributed by atoms with Crippen LogP contribution in [0.4, 0.5) is 4.79 Å². The van der Waals surface area contributed by atoms with Crippen LogP contribution in [0.1, 0.15) is 0 Å². The van der Waals surface area contributed by atoms with Gasteiger partial charge >= 0.3 is 6.03 Å². The first-order chi connectivity index (χ1) is 5.15. The summed E-state index contributed by atoms with van der Waals surface area (Å²) < 4.78 is 0. The molecule has 62 valence electrons. The third-order valence-electron chi connectivity index (χ3n) is 1.21. The molecule has 2 atom stereocenters. The average Bonchev–Trinajstić information content (AvgIpc) is 1.96. The van der Waals surface area contributed by atoms with Gasteiger partial charge in [0.2, 0.25) is 5.91 Å². The molecule has 1 fully saturated rings. The number of urea groups is 1. The van der Waals surface area contributed by atoms with Gasteiger partial charge in [0.15, 0.2) is 0 Å². The molecule has 1 saturated heterocycles. The molecule has 1 aliphatic rings.